The predicted octanol–water partition coefficient (Wildman–Crippen LogP) is 3.21. The van der Waals surface area contributed by atoms with Crippen LogP contribution in [0.15, 0.2) is 24.4 Å². The molecule has 1 aliphatic rings. The summed E-state index contributed by atoms with van der Waals surface area (Å²) in [6, 6.07) is 5.11. The molecule has 0 N–H and O–H groups in total. The molecule has 0 saturated heterocycles. The van der Waals surface area contributed by atoms with E-state index >= 15 is 0 Å². The van der Waals surface area contributed by atoms with Gasteiger partial charge in [-0.3, -0.25) is 4.79 Å². The van der Waals surface area contributed by atoms with E-state index in [0.717, 1.165) is 30.6 Å². The van der Waals surface area contributed by atoms with Gasteiger partial charge in [0.1, 0.15) is 5.82 Å². The minimum Gasteiger partial charge on any atom is -0.318 e. The largest absolute Gasteiger partial charge is 0.318 e. The first kappa shape index (κ1) is 13.8. The van der Waals surface area contributed by atoms with Crippen molar-refractivity contribution in [1.29, 1.82) is 0 Å². The molecule has 1 aliphatic heterocycles. The van der Waals surface area contributed by atoms with Gasteiger partial charge in [-0.05, 0) is 25.0 Å². The van der Waals surface area contributed by atoms with Gasteiger partial charge in [0.2, 0.25) is 5.82 Å². The lowest BCUT2D eigenvalue weighted by atomic mass is 10.1. The van der Waals surface area contributed by atoms with E-state index in [1.54, 1.807) is 24.1 Å². The number of hydrogen-bond donors (Lipinski definition) is 0. The number of nitrogens with zero attached hydrogens (tertiary/aromatic N) is 3. The number of imidazole rings is 1. The number of amides is 1. The highest BCUT2D eigenvalue weighted by atomic mass is 19.1. The molecule has 21 heavy (non-hydrogen) atoms. The van der Waals surface area contributed by atoms with E-state index in [2.05, 4.69) is 11.9 Å². The van der Waals surface area contributed by atoms with Crippen LogP contribution < -0.4 is 0 Å². The quantitative estimate of drug-likeness (QED) is 0.866. The summed E-state index contributed by atoms with van der Waals surface area (Å²) in [5, 5.41) is 0. The number of rotatable bonds is 4. The third-order valence-electron chi connectivity index (χ3n) is 3.90. The summed E-state index contributed by atoms with van der Waals surface area (Å²) in [4.78, 5) is 18.2. The molecule has 0 radical (unpaired) electrons. The fraction of sp³-hybridized carbons (Fsp3) is 0.375. The van der Waals surface area contributed by atoms with Crippen molar-refractivity contribution in [3.05, 3.63) is 41.6 Å². The Bertz CT molecular complexity index is 693. The van der Waals surface area contributed by atoms with Crippen molar-refractivity contribution in [3.8, 4) is 11.3 Å². The number of aromatic nitrogens is 2. The molecule has 2 heterocycles. The van der Waals surface area contributed by atoms with Crippen molar-refractivity contribution in [3.63, 3.8) is 0 Å². The molecule has 5 heteroatoms. The zero-order chi connectivity index (χ0) is 15.0. The molecule has 110 valence electrons. The lowest BCUT2D eigenvalue weighted by Crippen LogP contribution is -2.25. The number of carbonyl (C=O) groups excluding carboxylic acids is 1. The SMILES string of the molecule is CCCCN1Cn2c(-c3ccc(C)c(F)c3)cnc2C1=O. The molecule has 0 spiro atoms. The molecular weight excluding hydrogens is 269 g/mol. The fourth-order valence-corrected chi connectivity index (χ4v) is 2.57. The first-order valence-corrected chi connectivity index (χ1v) is 7.23. The Kier molecular flexibility index (Phi) is 3.49. The highest BCUT2D eigenvalue weighted by molar-refractivity contribution is 5.93. The summed E-state index contributed by atoms with van der Waals surface area (Å²) in [6.07, 6.45) is 3.67. The molecule has 0 aliphatic carbocycles. The molecule has 3 rings (SSSR count). The summed E-state index contributed by atoms with van der Waals surface area (Å²) < 4.78 is 15.6. The Morgan fingerprint density at radius 1 is 1.38 bits per heavy atom. The summed E-state index contributed by atoms with van der Waals surface area (Å²) >= 11 is 0. The van der Waals surface area contributed by atoms with Crippen LogP contribution in [0.4, 0.5) is 4.39 Å². The van der Waals surface area contributed by atoms with Crippen LogP contribution in [0.3, 0.4) is 0 Å². The van der Waals surface area contributed by atoms with Gasteiger partial charge >= 0.3 is 0 Å². The zero-order valence-electron chi connectivity index (χ0n) is 12.3. The topological polar surface area (TPSA) is 38.1 Å². The lowest BCUT2D eigenvalue weighted by Gasteiger charge is -2.15. The van der Waals surface area contributed by atoms with Crippen LogP contribution in [-0.2, 0) is 6.67 Å². The Hall–Kier alpha value is -2.17. The normalized spacial score (nSPS) is 13.9. The van der Waals surface area contributed by atoms with Gasteiger partial charge in [-0.25, -0.2) is 9.37 Å². The predicted molar refractivity (Wildman–Crippen MR) is 78.3 cm³/mol. The Morgan fingerprint density at radius 3 is 2.90 bits per heavy atom. The number of aryl methyl sites for hydroxylation is 1. The van der Waals surface area contributed by atoms with Gasteiger partial charge in [-0.2, -0.15) is 0 Å². The van der Waals surface area contributed by atoms with Crippen LogP contribution >= 0.6 is 0 Å². The molecule has 1 aromatic carbocycles. The highest BCUT2D eigenvalue weighted by Crippen LogP contribution is 2.27. The number of carbonyl (C=O) groups is 1. The Labute approximate surface area is 123 Å². The lowest BCUT2D eigenvalue weighted by molar-refractivity contribution is 0.0764. The molecule has 0 unspecified atom stereocenters. The smallest absolute Gasteiger partial charge is 0.291 e. The van der Waals surface area contributed by atoms with Crippen molar-refractivity contribution in [2.24, 2.45) is 0 Å². The number of halogens is 1. The van der Waals surface area contributed by atoms with Gasteiger partial charge in [-0.15, -0.1) is 0 Å². The van der Waals surface area contributed by atoms with Gasteiger partial charge in [-0.1, -0.05) is 25.5 Å². The van der Waals surface area contributed by atoms with Crippen molar-refractivity contribution in [1.82, 2.24) is 14.5 Å². The average molecular weight is 287 g/mol. The molecule has 2 aromatic rings. The van der Waals surface area contributed by atoms with Crippen molar-refractivity contribution in [2.75, 3.05) is 6.54 Å². The Balaban J connectivity index is 1.93. The number of benzene rings is 1. The molecule has 1 aromatic heterocycles. The maximum Gasteiger partial charge on any atom is 0.291 e. The first-order valence-electron chi connectivity index (χ1n) is 7.23. The standard InChI is InChI=1S/C16H18FN3O/c1-3-4-7-19-10-20-14(9-18-15(20)16(19)21)12-6-5-11(2)13(17)8-12/h5-6,8-9H,3-4,7,10H2,1-2H3. The second-order valence-electron chi connectivity index (χ2n) is 5.42. The summed E-state index contributed by atoms with van der Waals surface area (Å²) in [5.74, 6) is 0.166. The number of hydrogen-bond acceptors (Lipinski definition) is 2. The van der Waals surface area contributed by atoms with E-state index in [4.69, 9.17) is 0 Å². The summed E-state index contributed by atoms with van der Waals surface area (Å²) in [5.41, 5.74) is 2.15. The van der Waals surface area contributed by atoms with Crippen LogP contribution in [0.5, 0.6) is 0 Å². The molecule has 4 nitrogen and oxygen atoms in total. The molecule has 0 saturated carbocycles. The van der Waals surface area contributed by atoms with Gasteiger partial charge in [0, 0.05) is 12.1 Å². The Morgan fingerprint density at radius 2 is 2.19 bits per heavy atom. The van der Waals surface area contributed by atoms with E-state index in [-0.39, 0.29) is 11.7 Å². The van der Waals surface area contributed by atoms with E-state index in [1.807, 2.05) is 10.6 Å². The zero-order valence-corrected chi connectivity index (χ0v) is 12.3. The first-order chi connectivity index (χ1) is 10.1. The maximum absolute atomic E-state index is 13.7. The second kappa shape index (κ2) is 5.31. The molecule has 0 fully saturated rings. The minimum absolute atomic E-state index is 0.0396. The second-order valence-corrected chi connectivity index (χ2v) is 5.42. The minimum atomic E-state index is -0.241. The summed E-state index contributed by atoms with van der Waals surface area (Å²) in [7, 11) is 0. The highest BCUT2D eigenvalue weighted by Gasteiger charge is 2.30. The van der Waals surface area contributed by atoms with Crippen LogP contribution in [-0.4, -0.2) is 26.9 Å². The number of fused-ring (bicyclic) bond motifs is 1. The average Bonchev–Trinajstić information content (AvgIpc) is 3.01. The van der Waals surface area contributed by atoms with Crippen LogP contribution in [0.25, 0.3) is 11.3 Å². The summed E-state index contributed by atoms with van der Waals surface area (Å²) in [6.45, 7) is 5.06. The van der Waals surface area contributed by atoms with E-state index in [9.17, 15) is 9.18 Å². The number of unbranched alkanes of at least 4 members (excludes halogenated alkanes) is 1. The van der Waals surface area contributed by atoms with Crippen LogP contribution in [0, 0.1) is 12.7 Å². The van der Waals surface area contributed by atoms with E-state index in [1.165, 1.54) is 6.07 Å². The van der Waals surface area contributed by atoms with E-state index < -0.39 is 0 Å². The monoisotopic (exact) mass is 287 g/mol. The van der Waals surface area contributed by atoms with Gasteiger partial charge in [0.25, 0.3) is 5.91 Å². The van der Waals surface area contributed by atoms with Crippen molar-refractivity contribution < 1.29 is 9.18 Å². The van der Waals surface area contributed by atoms with Crippen LogP contribution in [0.2, 0.25) is 0 Å². The van der Waals surface area contributed by atoms with E-state index in [0.29, 0.717) is 18.1 Å². The maximum atomic E-state index is 13.7. The van der Waals surface area contributed by atoms with Gasteiger partial charge in [0.15, 0.2) is 0 Å². The fourth-order valence-electron chi connectivity index (χ4n) is 2.57. The van der Waals surface area contributed by atoms with Gasteiger partial charge in [0.05, 0.1) is 18.6 Å². The van der Waals surface area contributed by atoms with Crippen molar-refractivity contribution >= 4 is 5.91 Å². The third-order valence-corrected chi connectivity index (χ3v) is 3.90. The molecule has 1 amide bonds. The van der Waals surface area contributed by atoms with Crippen LogP contribution in [0.1, 0.15) is 35.9 Å². The molecule has 0 bridgehead atoms. The van der Waals surface area contributed by atoms with Gasteiger partial charge < -0.3 is 9.47 Å². The molecule has 0 atom stereocenters. The van der Waals surface area contributed by atoms with Crippen molar-refractivity contribution in [2.45, 2.75) is 33.4 Å². The third kappa shape index (κ3) is 2.33. The molecular formula is C16H18FN3O.